The molecular weight excluding hydrogens is 479 g/mol. The van der Waals surface area contributed by atoms with Gasteiger partial charge >= 0.3 is 5.97 Å². The number of aliphatic carboxylic acids is 1. The molecule has 0 aromatic heterocycles. The molecule has 5 heteroatoms. The number of carbonyl (C=O) groups is 1. The van der Waals surface area contributed by atoms with Crippen molar-refractivity contribution in [3.8, 4) is 22.6 Å². The van der Waals surface area contributed by atoms with Gasteiger partial charge in [-0.15, -0.1) is 0 Å². The Labute approximate surface area is 224 Å². The smallest absolute Gasteiger partial charge is 0.303 e. The number of ether oxygens (including phenoxy) is 2. The lowest BCUT2D eigenvalue weighted by atomic mass is 9.75. The molecule has 0 heterocycles. The number of carboxylic acid groups (broad SMARTS) is 1. The van der Waals surface area contributed by atoms with Crippen LogP contribution in [0.5, 0.6) is 11.5 Å². The molecule has 1 unspecified atom stereocenters. The molecule has 3 aromatic carbocycles. The van der Waals surface area contributed by atoms with Crippen molar-refractivity contribution in [1.29, 1.82) is 0 Å². The van der Waals surface area contributed by atoms with Gasteiger partial charge < -0.3 is 14.6 Å². The summed E-state index contributed by atoms with van der Waals surface area (Å²) in [5.41, 5.74) is 4.82. The van der Waals surface area contributed by atoms with Crippen LogP contribution in [0.15, 0.2) is 60.7 Å². The fraction of sp³-hybridized carbons (Fsp3) is 0.424. The summed E-state index contributed by atoms with van der Waals surface area (Å²) in [6, 6.07) is 19.0. The number of rotatable bonds is 10. The van der Waals surface area contributed by atoms with E-state index in [4.69, 9.17) is 9.47 Å². The van der Waals surface area contributed by atoms with Crippen molar-refractivity contribution in [3.05, 3.63) is 83.2 Å². The SMILES string of the molecule is COc1ccc(F)c(-c2ccc(COc3cccc(C(CC(=O)O)C4CC4)c3)cc2[C@H]2CCCC2(C)C)c1. The first kappa shape index (κ1) is 26.3. The van der Waals surface area contributed by atoms with Crippen LogP contribution in [0.4, 0.5) is 4.39 Å². The molecule has 200 valence electrons. The largest absolute Gasteiger partial charge is 0.497 e. The Balaban J connectivity index is 1.43. The molecule has 5 rings (SSSR count). The lowest BCUT2D eigenvalue weighted by Crippen LogP contribution is -2.17. The number of methoxy groups -OCH3 is 1. The zero-order chi connectivity index (χ0) is 26.9. The van der Waals surface area contributed by atoms with Crippen molar-refractivity contribution >= 4 is 5.97 Å². The summed E-state index contributed by atoms with van der Waals surface area (Å²) in [7, 11) is 1.60. The standard InChI is InChI=1S/C33H37FO4/c1-33(2)15-5-8-30(33)28-16-21(9-13-26(28)29-18-24(37-3)12-14-31(29)34)20-38-25-7-4-6-23(17-25)27(19-32(35)36)22-10-11-22/h4,6-7,9,12-14,16-18,22,27,30H,5,8,10-11,15,19-20H2,1-3H3,(H,35,36)/t27?,30-/m1/s1. The van der Waals surface area contributed by atoms with Crippen molar-refractivity contribution in [2.45, 2.75) is 70.8 Å². The van der Waals surface area contributed by atoms with Gasteiger partial charge in [0.15, 0.2) is 0 Å². The van der Waals surface area contributed by atoms with Crippen molar-refractivity contribution in [3.63, 3.8) is 0 Å². The average Bonchev–Trinajstić information content (AvgIpc) is 3.68. The molecule has 2 aliphatic rings. The fourth-order valence-electron chi connectivity index (χ4n) is 6.22. The summed E-state index contributed by atoms with van der Waals surface area (Å²) >= 11 is 0. The second-order valence-corrected chi connectivity index (χ2v) is 11.6. The molecule has 2 saturated carbocycles. The topological polar surface area (TPSA) is 55.8 Å². The summed E-state index contributed by atoms with van der Waals surface area (Å²) in [4.78, 5) is 11.4. The zero-order valence-electron chi connectivity index (χ0n) is 22.5. The van der Waals surface area contributed by atoms with Gasteiger partial charge in [-0.2, -0.15) is 0 Å². The average molecular weight is 517 g/mol. The van der Waals surface area contributed by atoms with Crippen LogP contribution in [0.3, 0.4) is 0 Å². The maximum atomic E-state index is 15.0. The van der Waals surface area contributed by atoms with Crippen LogP contribution in [0.1, 0.15) is 80.9 Å². The molecule has 38 heavy (non-hydrogen) atoms. The normalized spacial score (nSPS) is 19.2. The molecule has 0 saturated heterocycles. The lowest BCUT2D eigenvalue weighted by Gasteiger charge is -2.30. The Morgan fingerprint density at radius 2 is 1.84 bits per heavy atom. The Morgan fingerprint density at radius 1 is 1.03 bits per heavy atom. The maximum Gasteiger partial charge on any atom is 0.303 e. The molecule has 0 bridgehead atoms. The molecule has 0 aliphatic heterocycles. The lowest BCUT2D eigenvalue weighted by molar-refractivity contribution is -0.137. The molecule has 0 amide bonds. The quantitative estimate of drug-likeness (QED) is 0.294. The molecule has 3 aromatic rings. The van der Waals surface area contributed by atoms with Gasteiger partial charge in [0.1, 0.15) is 23.9 Å². The molecule has 4 nitrogen and oxygen atoms in total. The first-order valence-electron chi connectivity index (χ1n) is 13.7. The van der Waals surface area contributed by atoms with Crippen LogP contribution in [0.2, 0.25) is 0 Å². The molecule has 0 radical (unpaired) electrons. The number of halogens is 1. The second-order valence-electron chi connectivity index (χ2n) is 11.6. The number of carboxylic acids is 1. The molecule has 0 spiro atoms. The molecule has 2 atom stereocenters. The van der Waals surface area contributed by atoms with E-state index < -0.39 is 5.97 Å². The van der Waals surface area contributed by atoms with E-state index in [0.717, 1.165) is 60.1 Å². The van der Waals surface area contributed by atoms with E-state index in [-0.39, 0.29) is 23.6 Å². The summed E-state index contributed by atoms with van der Waals surface area (Å²) in [6.45, 7) is 4.99. The Bertz CT molecular complexity index is 1310. The van der Waals surface area contributed by atoms with Gasteiger partial charge in [0, 0.05) is 5.56 Å². The van der Waals surface area contributed by atoms with Gasteiger partial charge in [-0.3, -0.25) is 4.79 Å². The van der Waals surface area contributed by atoms with Gasteiger partial charge in [0.05, 0.1) is 13.5 Å². The predicted molar refractivity (Wildman–Crippen MR) is 147 cm³/mol. The van der Waals surface area contributed by atoms with Gasteiger partial charge in [-0.25, -0.2) is 4.39 Å². The van der Waals surface area contributed by atoms with E-state index in [1.54, 1.807) is 19.2 Å². The summed E-state index contributed by atoms with van der Waals surface area (Å²) in [5.74, 6) is 1.16. The molecule has 1 N–H and O–H groups in total. The van der Waals surface area contributed by atoms with E-state index in [0.29, 0.717) is 29.8 Å². The van der Waals surface area contributed by atoms with E-state index in [2.05, 4.69) is 19.9 Å². The maximum absolute atomic E-state index is 15.0. The van der Waals surface area contributed by atoms with Crippen LogP contribution in [-0.4, -0.2) is 18.2 Å². The third kappa shape index (κ3) is 5.72. The van der Waals surface area contributed by atoms with Crippen molar-refractivity contribution in [2.24, 2.45) is 11.3 Å². The number of hydrogen-bond acceptors (Lipinski definition) is 3. The van der Waals surface area contributed by atoms with Gasteiger partial charge in [-0.05, 0) is 101 Å². The summed E-state index contributed by atoms with van der Waals surface area (Å²) in [6.07, 6.45) is 5.70. The van der Waals surface area contributed by atoms with E-state index in [9.17, 15) is 9.90 Å². The molecular formula is C33H37FO4. The fourth-order valence-corrected chi connectivity index (χ4v) is 6.22. The third-order valence-corrected chi connectivity index (χ3v) is 8.49. The van der Waals surface area contributed by atoms with Crippen molar-refractivity contribution in [1.82, 2.24) is 0 Å². The van der Waals surface area contributed by atoms with Gasteiger partial charge in [0.25, 0.3) is 0 Å². The minimum absolute atomic E-state index is 0.0318. The first-order valence-corrected chi connectivity index (χ1v) is 13.7. The van der Waals surface area contributed by atoms with Gasteiger partial charge in [-0.1, -0.05) is 50.6 Å². The van der Waals surface area contributed by atoms with Crippen LogP contribution in [0.25, 0.3) is 11.1 Å². The number of benzene rings is 3. The first-order chi connectivity index (χ1) is 18.2. The second kappa shape index (κ2) is 10.8. The highest BCUT2D eigenvalue weighted by Crippen LogP contribution is 2.51. The highest BCUT2D eigenvalue weighted by molar-refractivity contribution is 5.71. The van der Waals surface area contributed by atoms with E-state index in [1.807, 2.05) is 36.4 Å². The Kier molecular flexibility index (Phi) is 7.47. The van der Waals surface area contributed by atoms with Crippen LogP contribution < -0.4 is 9.47 Å². The van der Waals surface area contributed by atoms with E-state index in [1.165, 1.54) is 6.07 Å². The highest BCUT2D eigenvalue weighted by Gasteiger charge is 2.37. The highest BCUT2D eigenvalue weighted by atomic mass is 19.1. The number of hydrogen-bond donors (Lipinski definition) is 1. The summed E-state index contributed by atoms with van der Waals surface area (Å²) < 4.78 is 26.7. The van der Waals surface area contributed by atoms with Crippen LogP contribution in [-0.2, 0) is 11.4 Å². The Hall–Kier alpha value is -3.34. The van der Waals surface area contributed by atoms with Crippen LogP contribution in [0, 0.1) is 17.2 Å². The van der Waals surface area contributed by atoms with E-state index >= 15 is 4.39 Å². The minimum atomic E-state index is -0.761. The Morgan fingerprint density at radius 3 is 2.53 bits per heavy atom. The van der Waals surface area contributed by atoms with Crippen LogP contribution >= 0.6 is 0 Å². The summed E-state index contributed by atoms with van der Waals surface area (Å²) in [5, 5.41) is 9.39. The predicted octanol–water partition coefficient (Wildman–Crippen LogP) is 8.34. The van der Waals surface area contributed by atoms with Crippen molar-refractivity contribution in [2.75, 3.05) is 7.11 Å². The van der Waals surface area contributed by atoms with Crippen molar-refractivity contribution < 1.29 is 23.8 Å². The molecule has 2 fully saturated rings. The minimum Gasteiger partial charge on any atom is -0.497 e. The monoisotopic (exact) mass is 516 g/mol. The third-order valence-electron chi connectivity index (χ3n) is 8.49. The van der Waals surface area contributed by atoms with Gasteiger partial charge in [0.2, 0.25) is 0 Å². The molecule has 2 aliphatic carbocycles. The zero-order valence-corrected chi connectivity index (χ0v) is 22.5.